The number of nitrogens with zero attached hydrogens (tertiary/aromatic N) is 3. The molecule has 0 saturated heterocycles. The molecule has 0 amide bonds. The van der Waals surface area contributed by atoms with E-state index in [0.717, 1.165) is 12.1 Å². The standard InChI is InChI=1S/C10H8F3N3/c1-7-6-8(10(11,12)13)2-3-9(7)16-5-4-14-15-16/h2-6H,1H3. The summed E-state index contributed by atoms with van der Waals surface area (Å²) in [6, 6.07) is 3.51. The van der Waals surface area contributed by atoms with Gasteiger partial charge in [0.05, 0.1) is 23.6 Å². The van der Waals surface area contributed by atoms with Crippen LogP contribution in [0.3, 0.4) is 0 Å². The van der Waals surface area contributed by atoms with Gasteiger partial charge in [-0.05, 0) is 30.7 Å². The van der Waals surface area contributed by atoms with Crippen LogP contribution in [0.2, 0.25) is 0 Å². The normalized spacial score (nSPS) is 11.8. The molecule has 3 nitrogen and oxygen atoms in total. The van der Waals surface area contributed by atoms with Crippen molar-refractivity contribution in [3.8, 4) is 5.69 Å². The van der Waals surface area contributed by atoms with Crippen molar-refractivity contribution in [1.29, 1.82) is 0 Å². The maximum Gasteiger partial charge on any atom is 0.416 e. The second-order valence-corrected chi connectivity index (χ2v) is 3.35. The van der Waals surface area contributed by atoms with Crippen LogP contribution < -0.4 is 0 Å². The minimum absolute atomic E-state index is 0.500. The second-order valence-electron chi connectivity index (χ2n) is 3.35. The molecule has 0 saturated carbocycles. The zero-order valence-electron chi connectivity index (χ0n) is 8.36. The predicted octanol–water partition coefficient (Wildman–Crippen LogP) is 2.59. The zero-order chi connectivity index (χ0) is 11.8. The first-order valence-corrected chi connectivity index (χ1v) is 4.53. The van der Waals surface area contributed by atoms with Crippen molar-refractivity contribution in [2.24, 2.45) is 0 Å². The van der Waals surface area contributed by atoms with E-state index in [-0.39, 0.29) is 0 Å². The number of benzene rings is 1. The third-order valence-electron chi connectivity index (χ3n) is 2.19. The van der Waals surface area contributed by atoms with Gasteiger partial charge in [-0.2, -0.15) is 13.2 Å². The van der Waals surface area contributed by atoms with Gasteiger partial charge in [-0.3, -0.25) is 0 Å². The van der Waals surface area contributed by atoms with Gasteiger partial charge in [0, 0.05) is 0 Å². The predicted molar refractivity (Wildman–Crippen MR) is 51.1 cm³/mol. The van der Waals surface area contributed by atoms with Crippen molar-refractivity contribution < 1.29 is 13.2 Å². The maximum absolute atomic E-state index is 12.4. The van der Waals surface area contributed by atoms with Gasteiger partial charge in [0.2, 0.25) is 0 Å². The van der Waals surface area contributed by atoms with Crippen LogP contribution in [0.4, 0.5) is 13.2 Å². The van der Waals surface area contributed by atoms with Crippen LogP contribution in [0.1, 0.15) is 11.1 Å². The van der Waals surface area contributed by atoms with Gasteiger partial charge in [0.1, 0.15) is 0 Å². The maximum atomic E-state index is 12.4. The monoisotopic (exact) mass is 227 g/mol. The van der Waals surface area contributed by atoms with Gasteiger partial charge in [-0.15, -0.1) is 5.10 Å². The number of aryl methyl sites for hydroxylation is 1. The average molecular weight is 227 g/mol. The fraction of sp³-hybridized carbons (Fsp3) is 0.200. The highest BCUT2D eigenvalue weighted by atomic mass is 19.4. The first-order chi connectivity index (χ1) is 7.48. The van der Waals surface area contributed by atoms with Gasteiger partial charge in [0.15, 0.2) is 0 Å². The summed E-state index contributed by atoms with van der Waals surface area (Å²) in [6.07, 6.45) is -1.27. The fourth-order valence-electron chi connectivity index (χ4n) is 1.43. The number of hydrogen-bond acceptors (Lipinski definition) is 2. The van der Waals surface area contributed by atoms with Gasteiger partial charge < -0.3 is 0 Å². The molecular formula is C10H8F3N3. The highest BCUT2D eigenvalue weighted by Crippen LogP contribution is 2.30. The van der Waals surface area contributed by atoms with Crippen LogP contribution in [0, 0.1) is 6.92 Å². The largest absolute Gasteiger partial charge is 0.416 e. The van der Waals surface area contributed by atoms with Gasteiger partial charge >= 0.3 is 6.18 Å². The smallest absolute Gasteiger partial charge is 0.221 e. The molecule has 1 heterocycles. The molecular weight excluding hydrogens is 219 g/mol. The van der Waals surface area contributed by atoms with Gasteiger partial charge in [0.25, 0.3) is 0 Å². The molecule has 0 unspecified atom stereocenters. The summed E-state index contributed by atoms with van der Waals surface area (Å²) >= 11 is 0. The summed E-state index contributed by atoms with van der Waals surface area (Å²) in [5, 5.41) is 7.33. The summed E-state index contributed by atoms with van der Waals surface area (Å²) in [4.78, 5) is 0. The highest BCUT2D eigenvalue weighted by Gasteiger charge is 2.30. The minimum atomic E-state index is -4.31. The molecule has 0 radical (unpaired) electrons. The SMILES string of the molecule is Cc1cc(C(F)(F)F)ccc1-n1ccnn1. The molecule has 0 fully saturated rings. The number of alkyl halides is 3. The van der Waals surface area contributed by atoms with Crippen LogP contribution in [-0.2, 0) is 6.18 Å². The molecule has 6 heteroatoms. The zero-order valence-corrected chi connectivity index (χ0v) is 8.36. The number of aromatic nitrogens is 3. The molecule has 0 aliphatic heterocycles. The van der Waals surface area contributed by atoms with E-state index in [4.69, 9.17) is 0 Å². The topological polar surface area (TPSA) is 30.7 Å². The third kappa shape index (κ3) is 1.91. The van der Waals surface area contributed by atoms with Crippen LogP contribution in [0.5, 0.6) is 0 Å². The lowest BCUT2D eigenvalue weighted by molar-refractivity contribution is -0.137. The Kier molecular flexibility index (Phi) is 2.41. The van der Waals surface area contributed by atoms with Crippen molar-refractivity contribution in [1.82, 2.24) is 15.0 Å². The Morgan fingerprint density at radius 1 is 1.25 bits per heavy atom. The van der Waals surface area contributed by atoms with E-state index in [2.05, 4.69) is 10.3 Å². The number of hydrogen-bond donors (Lipinski definition) is 0. The van der Waals surface area contributed by atoms with E-state index in [0.29, 0.717) is 11.3 Å². The second kappa shape index (κ2) is 3.62. The van der Waals surface area contributed by atoms with Crippen molar-refractivity contribution in [2.75, 3.05) is 0 Å². The van der Waals surface area contributed by atoms with E-state index in [1.807, 2.05) is 0 Å². The van der Waals surface area contributed by atoms with Crippen LogP contribution in [-0.4, -0.2) is 15.0 Å². The van der Waals surface area contributed by atoms with Crippen LogP contribution in [0.25, 0.3) is 5.69 Å². The summed E-state index contributed by atoms with van der Waals surface area (Å²) in [5.41, 5.74) is 0.430. The molecule has 0 atom stereocenters. The Morgan fingerprint density at radius 2 is 2.00 bits per heavy atom. The van der Waals surface area contributed by atoms with E-state index >= 15 is 0 Å². The molecule has 0 spiro atoms. The average Bonchev–Trinajstić information content (AvgIpc) is 2.69. The Hall–Kier alpha value is -1.85. The first kappa shape index (κ1) is 10.7. The number of rotatable bonds is 1. The quantitative estimate of drug-likeness (QED) is 0.749. The number of halogens is 3. The molecule has 16 heavy (non-hydrogen) atoms. The van der Waals surface area contributed by atoms with Gasteiger partial charge in [-0.25, -0.2) is 4.68 Å². The summed E-state index contributed by atoms with van der Waals surface area (Å²) in [6.45, 7) is 1.60. The minimum Gasteiger partial charge on any atom is -0.221 e. The van der Waals surface area contributed by atoms with Crippen molar-refractivity contribution in [2.45, 2.75) is 13.1 Å². The molecule has 0 aliphatic carbocycles. The van der Waals surface area contributed by atoms with E-state index < -0.39 is 11.7 Å². The van der Waals surface area contributed by atoms with Crippen LogP contribution in [0.15, 0.2) is 30.6 Å². The Morgan fingerprint density at radius 3 is 2.50 bits per heavy atom. The molecule has 0 bridgehead atoms. The third-order valence-corrected chi connectivity index (χ3v) is 2.19. The molecule has 84 valence electrons. The summed E-state index contributed by atoms with van der Waals surface area (Å²) < 4.78 is 38.6. The Labute approximate surface area is 89.5 Å². The fourth-order valence-corrected chi connectivity index (χ4v) is 1.43. The van der Waals surface area contributed by atoms with E-state index in [9.17, 15) is 13.2 Å². The first-order valence-electron chi connectivity index (χ1n) is 4.53. The Balaban J connectivity index is 2.46. The molecule has 0 N–H and O–H groups in total. The lowest BCUT2D eigenvalue weighted by atomic mass is 10.1. The molecule has 1 aromatic carbocycles. The molecule has 2 aromatic rings. The summed E-state index contributed by atoms with van der Waals surface area (Å²) in [7, 11) is 0. The van der Waals surface area contributed by atoms with E-state index in [1.165, 1.54) is 16.9 Å². The lowest BCUT2D eigenvalue weighted by Gasteiger charge is -2.10. The molecule has 2 rings (SSSR count). The lowest BCUT2D eigenvalue weighted by Crippen LogP contribution is -2.07. The van der Waals surface area contributed by atoms with Crippen molar-refractivity contribution in [3.63, 3.8) is 0 Å². The van der Waals surface area contributed by atoms with Crippen molar-refractivity contribution >= 4 is 0 Å². The van der Waals surface area contributed by atoms with E-state index in [1.54, 1.807) is 13.1 Å². The van der Waals surface area contributed by atoms with Crippen LogP contribution >= 0.6 is 0 Å². The van der Waals surface area contributed by atoms with Gasteiger partial charge in [-0.1, -0.05) is 5.21 Å². The highest BCUT2D eigenvalue weighted by molar-refractivity contribution is 5.42. The summed E-state index contributed by atoms with van der Waals surface area (Å²) in [5.74, 6) is 0. The Bertz CT molecular complexity index is 489. The molecule has 1 aromatic heterocycles. The van der Waals surface area contributed by atoms with Crippen molar-refractivity contribution in [3.05, 3.63) is 41.7 Å². The molecule has 0 aliphatic rings.